The van der Waals surface area contributed by atoms with Crippen molar-refractivity contribution < 1.29 is 9.59 Å². The van der Waals surface area contributed by atoms with Crippen LogP contribution in [0.3, 0.4) is 0 Å². The fourth-order valence-corrected chi connectivity index (χ4v) is 3.92. The monoisotopic (exact) mass is 328 g/mol. The minimum absolute atomic E-state index is 0.0204. The lowest BCUT2D eigenvalue weighted by Crippen LogP contribution is -2.41. The van der Waals surface area contributed by atoms with Crippen LogP contribution in [0.15, 0.2) is 30.3 Å². The molecule has 1 heterocycles. The topological polar surface area (TPSA) is 49.4 Å². The number of carbonyl (C=O) groups is 2. The van der Waals surface area contributed by atoms with Crippen molar-refractivity contribution in [2.45, 2.75) is 58.0 Å². The summed E-state index contributed by atoms with van der Waals surface area (Å²) >= 11 is 0. The predicted octanol–water partition coefficient (Wildman–Crippen LogP) is 3.29. The molecule has 2 atom stereocenters. The molecule has 130 valence electrons. The zero-order chi connectivity index (χ0) is 17.1. The summed E-state index contributed by atoms with van der Waals surface area (Å²) in [5, 5.41) is 3.18. The molecule has 1 saturated carbocycles. The number of carbonyl (C=O) groups excluding carboxylic acids is 2. The molecule has 0 bridgehead atoms. The molecular formula is C20H28N2O2. The van der Waals surface area contributed by atoms with Crippen molar-refractivity contribution in [3.05, 3.63) is 35.9 Å². The lowest BCUT2D eigenvalue weighted by atomic mass is 9.87. The standard InChI is InChI=1S/C20H28N2O2/c1-14-8-10-18(11-9-14)21-20(24)17-12-19(23)22(13-17)15(2)16-6-4-3-5-7-16/h3-7,14-15,17-18H,8-13H2,1-2H3,(H,21,24)/t14?,15-,17+,18?/m0/s1. The van der Waals surface area contributed by atoms with Gasteiger partial charge in [-0.3, -0.25) is 9.59 Å². The molecule has 2 amide bonds. The van der Waals surface area contributed by atoms with E-state index in [0.717, 1.165) is 24.3 Å². The maximum Gasteiger partial charge on any atom is 0.225 e. The Morgan fingerprint density at radius 1 is 1.17 bits per heavy atom. The van der Waals surface area contributed by atoms with Gasteiger partial charge in [0.05, 0.1) is 12.0 Å². The summed E-state index contributed by atoms with van der Waals surface area (Å²) < 4.78 is 0. The van der Waals surface area contributed by atoms with Gasteiger partial charge in [-0.1, -0.05) is 37.3 Å². The first-order chi connectivity index (χ1) is 11.5. The summed E-state index contributed by atoms with van der Waals surface area (Å²) in [7, 11) is 0. The van der Waals surface area contributed by atoms with E-state index in [4.69, 9.17) is 0 Å². The highest BCUT2D eigenvalue weighted by atomic mass is 16.2. The normalized spacial score (nSPS) is 28.7. The van der Waals surface area contributed by atoms with Gasteiger partial charge in [0.15, 0.2) is 0 Å². The van der Waals surface area contributed by atoms with Gasteiger partial charge in [-0.2, -0.15) is 0 Å². The second-order valence-corrected chi connectivity index (χ2v) is 7.50. The summed E-state index contributed by atoms with van der Waals surface area (Å²) in [6.07, 6.45) is 4.85. The van der Waals surface area contributed by atoms with Gasteiger partial charge in [0.2, 0.25) is 11.8 Å². The minimum atomic E-state index is -0.206. The molecule has 1 aliphatic carbocycles. The number of hydrogen-bond acceptors (Lipinski definition) is 2. The number of rotatable bonds is 4. The lowest BCUT2D eigenvalue weighted by Gasteiger charge is -2.28. The first-order valence-corrected chi connectivity index (χ1v) is 9.19. The Morgan fingerprint density at radius 2 is 1.83 bits per heavy atom. The van der Waals surface area contributed by atoms with E-state index < -0.39 is 0 Å². The molecule has 0 unspecified atom stereocenters. The van der Waals surface area contributed by atoms with Crippen LogP contribution in [0.25, 0.3) is 0 Å². The Morgan fingerprint density at radius 3 is 2.50 bits per heavy atom. The van der Waals surface area contributed by atoms with Gasteiger partial charge in [-0.15, -0.1) is 0 Å². The maximum atomic E-state index is 12.6. The molecule has 1 aliphatic heterocycles. The Kier molecular flexibility index (Phi) is 5.22. The van der Waals surface area contributed by atoms with Crippen LogP contribution in [0.4, 0.5) is 0 Å². The van der Waals surface area contributed by atoms with E-state index in [1.807, 2.05) is 42.2 Å². The first kappa shape index (κ1) is 17.0. The van der Waals surface area contributed by atoms with Crippen LogP contribution < -0.4 is 5.32 Å². The fraction of sp³-hybridized carbons (Fsp3) is 0.600. The molecule has 0 spiro atoms. The van der Waals surface area contributed by atoms with E-state index in [0.29, 0.717) is 19.0 Å². The van der Waals surface area contributed by atoms with E-state index in [2.05, 4.69) is 12.2 Å². The van der Waals surface area contributed by atoms with Crippen molar-refractivity contribution in [3.63, 3.8) is 0 Å². The van der Waals surface area contributed by atoms with Gasteiger partial charge in [0.25, 0.3) is 0 Å². The third kappa shape index (κ3) is 3.80. The molecule has 0 radical (unpaired) electrons. The van der Waals surface area contributed by atoms with E-state index in [1.165, 1.54) is 12.8 Å². The summed E-state index contributed by atoms with van der Waals surface area (Å²) in [5.41, 5.74) is 1.12. The van der Waals surface area contributed by atoms with Crippen LogP contribution in [0, 0.1) is 11.8 Å². The smallest absolute Gasteiger partial charge is 0.225 e. The van der Waals surface area contributed by atoms with E-state index in [1.54, 1.807) is 0 Å². The van der Waals surface area contributed by atoms with Crippen LogP contribution in [0.1, 0.15) is 57.6 Å². The number of amides is 2. The van der Waals surface area contributed by atoms with Gasteiger partial charge >= 0.3 is 0 Å². The molecule has 1 aromatic carbocycles. The van der Waals surface area contributed by atoms with Crippen LogP contribution in [0.2, 0.25) is 0 Å². The Bertz CT molecular complexity index is 579. The zero-order valence-corrected chi connectivity index (χ0v) is 14.7. The zero-order valence-electron chi connectivity index (χ0n) is 14.7. The summed E-state index contributed by atoms with van der Waals surface area (Å²) in [6, 6.07) is 10.3. The largest absolute Gasteiger partial charge is 0.353 e. The average molecular weight is 328 g/mol. The predicted molar refractivity (Wildman–Crippen MR) is 94.2 cm³/mol. The quantitative estimate of drug-likeness (QED) is 0.922. The molecule has 2 fully saturated rings. The van der Waals surface area contributed by atoms with Gasteiger partial charge in [0, 0.05) is 19.0 Å². The molecule has 4 heteroatoms. The minimum Gasteiger partial charge on any atom is -0.353 e. The molecule has 1 aromatic rings. The number of nitrogens with zero attached hydrogens (tertiary/aromatic N) is 1. The Labute approximate surface area is 144 Å². The van der Waals surface area contributed by atoms with Crippen molar-refractivity contribution >= 4 is 11.8 Å². The summed E-state index contributed by atoms with van der Waals surface area (Å²) in [4.78, 5) is 26.8. The van der Waals surface area contributed by atoms with E-state index >= 15 is 0 Å². The van der Waals surface area contributed by atoms with Crippen molar-refractivity contribution in [3.8, 4) is 0 Å². The fourth-order valence-electron chi connectivity index (χ4n) is 3.92. The molecule has 2 aliphatic rings. The Balaban J connectivity index is 1.57. The summed E-state index contributed by atoms with van der Waals surface area (Å²) in [6.45, 7) is 4.84. The van der Waals surface area contributed by atoms with Crippen molar-refractivity contribution in [2.24, 2.45) is 11.8 Å². The average Bonchev–Trinajstić information content (AvgIpc) is 2.99. The van der Waals surface area contributed by atoms with Crippen molar-refractivity contribution in [1.82, 2.24) is 10.2 Å². The van der Waals surface area contributed by atoms with Crippen LogP contribution >= 0.6 is 0 Å². The molecule has 1 saturated heterocycles. The highest BCUT2D eigenvalue weighted by molar-refractivity contribution is 5.89. The number of benzene rings is 1. The van der Waals surface area contributed by atoms with E-state index in [9.17, 15) is 9.59 Å². The molecule has 24 heavy (non-hydrogen) atoms. The molecule has 0 aromatic heterocycles. The van der Waals surface area contributed by atoms with Crippen LogP contribution in [-0.2, 0) is 9.59 Å². The maximum absolute atomic E-state index is 12.6. The summed E-state index contributed by atoms with van der Waals surface area (Å²) in [5.74, 6) is 0.714. The third-order valence-electron chi connectivity index (χ3n) is 5.64. The number of hydrogen-bond donors (Lipinski definition) is 1. The SMILES string of the molecule is CC1CCC(NC(=O)[C@@H]2CC(=O)N([C@@H](C)c3ccccc3)C2)CC1. The third-order valence-corrected chi connectivity index (χ3v) is 5.64. The highest BCUT2D eigenvalue weighted by Gasteiger charge is 2.37. The second-order valence-electron chi connectivity index (χ2n) is 7.50. The first-order valence-electron chi connectivity index (χ1n) is 9.19. The molecule has 1 N–H and O–H groups in total. The van der Waals surface area contributed by atoms with Gasteiger partial charge in [-0.25, -0.2) is 0 Å². The Hall–Kier alpha value is -1.84. The number of nitrogens with one attached hydrogen (secondary N) is 1. The van der Waals surface area contributed by atoms with Gasteiger partial charge < -0.3 is 10.2 Å². The number of likely N-dealkylation sites (tertiary alicyclic amines) is 1. The van der Waals surface area contributed by atoms with Gasteiger partial charge in [-0.05, 0) is 44.1 Å². The van der Waals surface area contributed by atoms with Crippen molar-refractivity contribution in [2.75, 3.05) is 6.54 Å². The molecular weight excluding hydrogens is 300 g/mol. The van der Waals surface area contributed by atoms with Crippen molar-refractivity contribution in [1.29, 1.82) is 0 Å². The van der Waals surface area contributed by atoms with Crippen LogP contribution in [-0.4, -0.2) is 29.3 Å². The molecule has 4 nitrogen and oxygen atoms in total. The lowest BCUT2D eigenvalue weighted by molar-refractivity contribution is -0.130. The van der Waals surface area contributed by atoms with Gasteiger partial charge in [0.1, 0.15) is 0 Å². The van der Waals surface area contributed by atoms with E-state index in [-0.39, 0.29) is 23.8 Å². The second kappa shape index (κ2) is 7.37. The van der Waals surface area contributed by atoms with Crippen LogP contribution in [0.5, 0.6) is 0 Å². The highest BCUT2D eigenvalue weighted by Crippen LogP contribution is 2.29. The molecule has 3 rings (SSSR count).